The highest BCUT2D eigenvalue weighted by molar-refractivity contribution is 7.89. The van der Waals surface area contributed by atoms with Crippen molar-refractivity contribution < 1.29 is 12.9 Å². The molecule has 1 aliphatic rings. The van der Waals surface area contributed by atoms with Crippen molar-refractivity contribution >= 4 is 10.0 Å². The van der Waals surface area contributed by atoms with Crippen molar-refractivity contribution in [1.82, 2.24) is 19.8 Å². The number of aryl methyl sites for hydroxylation is 1. The van der Waals surface area contributed by atoms with Crippen LogP contribution in [0.25, 0.3) is 22.8 Å². The predicted molar refractivity (Wildman–Crippen MR) is 115 cm³/mol. The van der Waals surface area contributed by atoms with E-state index in [1.807, 2.05) is 31.2 Å². The Morgan fingerprint density at radius 3 is 2.70 bits per heavy atom. The lowest BCUT2D eigenvalue weighted by atomic mass is 10.1. The minimum absolute atomic E-state index is 0.144. The normalized spacial score (nSPS) is 17.5. The van der Waals surface area contributed by atoms with Crippen LogP contribution < -0.4 is 4.72 Å². The Bertz CT molecular complexity index is 1110. The first kappa shape index (κ1) is 20.7. The van der Waals surface area contributed by atoms with Crippen LogP contribution in [-0.4, -0.2) is 49.1 Å². The molecule has 2 aromatic carbocycles. The summed E-state index contributed by atoms with van der Waals surface area (Å²) < 4.78 is 34.3. The zero-order valence-electron chi connectivity index (χ0n) is 17.2. The van der Waals surface area contributed by atoms with Gasteiger partial charge in [-0.15, -0.1) is 0 Å². The van der Waals surface area contributed by atoms with Gasteiger partial charge in [-0.2, -0.15) is 4.98 Å². The summed E-state index contributed by atoms with van der Waals surface area (Å²) in [5, 5.41) is 4.04. The van der Waals surface area contributed by atoms with Gasteiger partial charge < -0.3 is 4.52 Å². The van der Waals surface area contributed by atoms with Crippen molar-refractivity contribution in [2.75, 3.05) is 19.6 Å². The lowest BCUT2D eigenvalue weighted by Gasteiger charge is -2.23. The summed E-state index contributed by atoms with van der Waals surface area (Å²) in [6, 6.07) is 14.7. The molecule has 4 rings (SSSR count). The maximum Gasteiger partial charge on any atom is 0.259 e. The van der Waals surface area contributed by atoms with Gasteiger partial charge in [-0.05, 0) is 45.0 Å². The molecule has 1 aromatic heterocycles. The first-order valence-electron chi connectivity index (χ1n) is 10.2. The van der Waals surface area contributed by atoms with Crippen LogP contribution in [0.2, 0.25) is 0 Å². The fourth-order valence-corrected chi connectivity index (χ4v) is 5.13. The molecule has 2 heterocycles. The predicted octanol–water partition coefficient (Wildman–Crippen LogP) is 3.47. The molecular formula is C22H26N4O3S. The quantitative estimate of drug-likeness (QED) is 0.622. The number of nitrogens with one attached hydrogen (secondary N) is 1. The summed E-state index contributed by atoms with van der Waals surface area (Å²) in [4.78, 5) is 6.89. The molecule has 7 nitrogen and oxygen atoms in total. The minimum Gasteiger partial charge on any atom is -0.334 e. The Kier molecular flexibility index (Phi) is 5.99. The topological polar surface area (TPSA) is 88.3 Å². The van der Waals surface area contributed by atoms with Crippen LogP contribution in [0.15, 0.2) is 57.9 Å². The molecule has 158 valence electrons. The summed E-state index contributed by atoms with van der Waals surface area (Å²) >= 11 is 0. The summed E-state index contributed by atoms with van der Waals surface area (Å²) in [7, 11) is -3.72. The molecule has 0 radical (unpaired) electrons. The van der Waals surface area contributed by atoms with E-state index in [1.165, 1.54) is 0 Å². The van der Waals surface area contributed by atoms with Crippen LogP contribution >= 0.6 is 0 Å². The largest absolute Gasteiger partial charge is 0.334 e. The SMILES string of the molecule is CCN1CCCC1CNS(=O)(=O)c1ccccc1-c1nc(-c2ccc(C)cc2)no1. The summed E-state index contributed by atoms with van der Waals surface area (Å²) in [5.41, 5.74) is 2.35. The molecule has 30 heavy (non-hydrogen) atoms. The van der Waals surface area contributed by atoms with Gasteiger partial charge in [0.05, 0.1) is 10.5 Å². The van der Waals surface area contributed by atoms with Crippen LogP contribution in [0.4, 0.5) is 0 Å². The average Bonchev–Trinajstić information content (AvgIpc) is 3.42. The van der Waals surface area contributed by atoms with Gasteiger partial charge >= 0.3 is 0 Å². The molecule has 1 saturated heterocycles. The third-order valence-corrected chi connectivity index (χ3v) is 7.04. The first-order valence-corrected chi connectivity index (χ1v) is 11.7. The molecule has 0 saturated carbocycles. The van der Waals surface area contributed by atoms with Crippen LogP contribution in [0, 0.1) is 6.92 Å². The molecule has 3 aromatic rings. The van der Waals surface area contributed by atoms with Crippen LogP contribution in [-0.2, 0) is 10.0 Å². The maximum absolute atomic E-state index is 13.1. The van der Waals surface area contributed by atoms with E-state index >= 15 is 0 Å². The van der Waals surface area contributed by atoms with Gasteiger partial charge in [0.1, 0.15) is 0 Å². The Labute approximate surface area is 177 Å². The van der Waals surface area contributed by atoms with E-state index in [1.54, 1.807) is 24.3 Å². The van der Waals surface area contributed by atoms with E-state index in [2.05, 4.69) is 26.7 Å². The van der Waals surface area contributed by atoms with Gasteiger partial charge in [-0.25, -0.2) is 13.1 Å². The number of sulfonamides is 1. The van der Waals surface area contributed by atoms with Gasteiger partial charge in [0.25, 0.3) is 5.89 Å². The molecule has 0 aliphatic carbocycles. The van der Waals surface area contributed by atoms with Gasteiger partial charge in [0.15, 0.2) is 0 Å². The second-order valence-corrected chi connectivity index (χ2v) is 9.30. The molecule has 0 bridgehead atoms. The Morgan fingerprint density at radius 1 is 1.17 bits per heavy atom. The van der Waals surface area contributed by atoms with Crippen molar-refractivity contribution in [3.05, 3.63) is 54.1 Å². The Hall–Kier alpha value is -2.55. The Morgan fingerprint density at radius 2 is 1.93 bits per heavy atom. The number of nitrogens with zero attached hydrogens (tertiary/aromatic N) is 3. The zero-order valence-corrected chi connectivity index (χ0v) is 18.0. The van der Waals surface area contributed by atoms with Crippen molar-refractivity contribution in [3.63, 3.8) is 0 Å². The van der Waals surface area contributed by atoms with Gasteiger partial charge in [-0.1, -0.05) is 54.0 Å². The molecule has 0 spiro atoms. The Balaban J connectivity index is 1.59. The number of rotatable bonds is 7. The van der Waals surface area contributed by atoms with Crippen molar-refractivity contribution in [2.24, 2.45) is 0 Å². The molecule has 8 heteroatoms. The monoisotopic (exact) mass is 426 g/mol. The second-order valence-electron chi connectivity index (χ2n) is 7.56. The van der Waals surface area contributed by atoms with Gasteiger partial charge in [0, 0.05) is 18.2 Å². The maximum atomic E-state index is 13.1. The van der Waals surface area contributed by atoms with Crippen LogP contribution in [0.3, 0.4) is 0 Å². The highest BCUT2D eigenvalue weighted by Gasteiger charge is 2.27. The van der Waals surface area contributed by atoms with Gasteiger partial charge in [-0.3, -0.25) is 4.90 Å². The molecule has 1 fully saturated rings. The fourth-order valence-electron chi connectivity index (χ4n) is 3.86. The zero-order chi connectivity index (χ0) is 21.1. The highest BCUT2D eigenvalue weighted by Crippen LogP contribution is 2.28. The molecule has 0 amide bonds. The lowest BCUT2D eigenvalue weighted by molar-refractivity contribution is 0.268. The molecule has 1 atom stereocenters. The number of likely N-dealkylation sites (tertiary alicyclic amines) is 1. The van der Waals surface area contributed by atoms with Gasteiger partial charge in [0.2, 0.25) is 15.8 Å². The van der Waals surface area contributed by atoms with Crippen LogP contribution in [0.5, 0.6) is 0 Å². The highest BCUT2D eigenvalue weighted by atomic mass is 32.2. The molecular weight excluding hydrogens is 400 g/mol. The number of hydrogen-bond donors (Lipinski definition) is 1. The number of hydrogen-bond acceptors (Lipinski definition) is 6. The number of aromatic nitrogens is 2. The van der Waals surface area contributed by atoms with E-state index in [4.69, 9.17) is 4.52 Å². The summed E-state index contributed by atoms with van der Waals surface area (Å²) in [6.45, 7) is 6.44. The summed E-state index contributed by atoms with van der Waals surface area (Å²) in [5.74, 6) is 0.609. The second kappa shape index (κ2) is 8.67. The third-order valence-electron chi connectivity index (χ3n) is 5.56. The van der Waals surface area contributed by atoms with E-state index in [9.17, 15) is 8.42 Å². The standard InChI is InChI=1S/C22H26N4O3S/c1-3-26-14-6-7-18(26)15-23-30(27,28)20-9-5-4-8-19(20)22-24-21(25-29-22)17-12-10-16(2)11-13-17/h4-5,8-13,18,23H,3,6-7,14-15H2,1-2H3. The van der Waals surface area contributed by atoms with Crippen molar-refractivity contribution in [2.45, 2.75) is 37.6 Å². The number of benzene rings is 2. The summed E-state index contributed by atoms with van der Waals surface area (Å²) in [6.07, 6.45) is 2.10. The van der Waals surface area contributed by atoms with E-state index in [0.717, 1.165) is 37.1 Å². The fraction of sp³-hybridized carbons (Fsp3) is 0.364. The van der Waals surface area contributed by atoms with E-state index < -0.39 is 10.0 Å². The van der Waals surface area contributed by atoms with Crippen LogP contribution in [0.1, 0.15) is 25.3 Å². The minimum atomic E-state index is -3.72. The van der Waals surface area contributed by atoms with E-state index in [-0.39, 0.29) is 16.8 Å². The molecule has 1 aliphatic heterocycles. The smallest absolute Gasteiger partial charge is 0.259 e. The van der Waals surface area contributed by atoms with Crippen molar-refractivity contribution in [3.8, 4) is 22.8 Å². The van der Waals surface area contributed by atoms with E-state index in [0.29, 0.717) is 17.9 Å². The molecule has 1 N–H and O–H groups in total. The third kappa shape index (κ3) is 4.30. The first-order chi connectivity index (χ1) is 14.5. The average molecular weight is 427 g/mol. The lowest BCUT2D eigenvalue weighted by Crippen LogP contribution is -2.40. The molecule has 1 unspecified atom stereocenters. The van der Waals surface area contributed by atoms with Crippen molar-refractivity contribution in [1.29, 1.82) is 0 Å². The number of likely N-dealkylation sites (N-methyl/N-ethyl adjacent to an activating group) is 1.